The molecule has 0 saturated carbocycles. The van der Waals surface area contributed by atoms with Crippen molar-refractivity contribution < 1.29 is 0 Å². The molecule has 29 aromatic carbocycles. The molecule has 0 heterocycles. The quantitative estimate of drug-likeness (QED) is 0.113. The molecule has 0 N–H and O–H groups in total. The summed E-state index contributed by atoms with van der Waals surface area (Å²) in [6.07, 6.45) is 0. The average Bonchev–Trinajstić information content (AvgIpc) is 0.762. The number of fused-ring (bicyclic) bond motifs is 19. The Kier molecular flexibility index (Phi) is 21.1. The van der Waals surface area contributed by atoms with Crippen LogP contribution in [0.3, 0.4) is 0 Å². The Bertz CT molecular complexity index is 10300. The van der Waals surface area contributed by atoms with E-state index >= 15 is 0 Å². The van der Waals surface area contributed by atoms with Crippen LogP contribution >= 0.6 is 0 Å². The Morgan fingerprint density at radius 3 is 0.549 bits per heavy atom. The highest BCUT2D eigenvalue weighted by atomic mass is 14.2. The van der Waals surface area contributed by atoms with E-state index in [0.29, 0.717) is 0 Å². The van der Waals surface area contributed by atoms with E-state index < -0.39 is 0 Å². The van der Waals surface area contributed by atoms with Gasteiger partial charge in [0, 0.05) is 0 Å². The summed E-state index contributed by atoms with van der Waals surface area (Å²) in [5, 5.41) is 38.1. The smallest absolute Gasteiger partial charge is 0.00988 e. The van der Waals surface area contributed by atoms with Crippen LogP contribution < -0.4 is 0 Å². The van der Waals surface area contributed by atoms with Crippen molar-refractivity contribution in [2.45, 2.75) is 0 Å². The van der Waals surface area contributed by atoms with Crippen LogP contribution in [0.4, 0.5) is 0 Å². The van der Waals surface area contributed by atoms with Gasteiger partial charge in [0.05, 0.1) is 0 Å². The second-order valence-electron chi connectivity index (χ2n) is 38.6. The fourth-order valence-corrected chi connectivity index (χ4v) is 22.4. The van der Waals surface area contributed by atoms with Crippen molar-refractivity contribution in [2.24, 2.45) is 0 Å². The average molecular weight is 1820 g/mol. The second-order valence-corrected chi connectivity index (χ2v) is 38.6. The van der Waals surface area contributed by atoms with Crippen LogP contribution in [0.15, 0.2) is 558 Å². The first kappa shape index (κ1) is 84.6. The standard InChI is InChI=1S/C54H34.C50H32.C40H26/c1-2-9-37-29-40(16-15-35(37)7-1)38-11-5-12-39(30-38)41-21-25-51-44(31-41)17-18-45-32-42(22-26-52(45)51)43-23-27-53-46(33-43)19-20-47-34-48(24-28-54(47)53)50-14-6-10-36-8-3-4-13-49(36)50;1-3-8-35-26-39(14-12-33(35)6-1)37-10-5-11-38(28-37)40-16-17-43-30-44(19-18-42(43)29-40)46-23-25-50-48(32-46)21-20-47-31-45(22-24-49(47)50)41-15-13-34-7-2-4-9-36(34)27-41;1-2-9-28-22-31(17-16-27(28)8-1)33-21-20-32-23-30(18-19-34(32)24-33)29-11-7-12-35(25-29)40-26-36-10-3-4-13-37(36)38-14-5-6-15-39(38)40/h1-34H;1-32H;1-26H. The zero-order valence-electron chi connectivity index (χ0n) is 79.1. The largest absolute Gasteiger partial charge is 0.0616 e. The van der Waals surface area contributed by atoms with Gasteiger partial charge in [0.15, 0.2) is 0 Å². The molecule has 0 saturated heterocycles. The van der Waals surface area contributed by atoms with Gasteiger partial charge in [0.25, 0.3) is 0 Å². The molecule has 668 valence electrons. The van der Waals surface area contributed by atoms with Gasteiger partial charge in [-0.2, -0.15) is 0 Å². The highest BCUT2D eigenvalue weighted by Gasteiger charge is 2.18. The molecule has 0 amide bonds. The molecule has 0 aliphatic heterocycles. The summed E-state index contributed by atoms with van der Waals surface area (Å²) in [7, 11) is 0. The first-order chi connectivity index (χ1) is 71.2. The lowest BCUT2D eigenvalue weighted by Gasteiger charge is -2.13. The number of hydrogen-bond donors (Lipinski definition) is 0. The van der Waals surface area contributed by atoms with Crippen molar-refractivity contribution in [3.05, 3.63) is 558 Å². The van der Waals surface area contributed by atoms with Crippen molar-refractivity contribution in [1.82, 2.24) is 0 Å². The fraction of sp³-hybridized carbons (Fsp3) is 0. The van der Waals surface area contributed by atoms with Crippen molar-refractivity contribution in [1.29, 1.82) is 0 Å². The van der Waals surface area contributed by atoms with Crippen LogP contribution in [0, 0.1) is 0 Å². The maximum atomic E-state index is 2.34. The molecule has 0 bridgehead atoms. The summed E-state index contributed by atoms with van der Waals surface area (Å²) in [6.45, 7) is 0. The maximum absolute atomic E-state index is 2.34. The van der Waals surface area contributed by atoms with Gasteiger partial charge in [-0.1, -0.05) is 449 Å². The van der Waals surface area contributed by atoms with E-state index in [2.05, 4.69) is 558 Å². The second kappa shape index (κ2) is 35.9. The molecule has 144 heavy (non-hydrogen) atoms. The third kappa shape index (κ3) is 16.0. The predicted molar refractivity (Wildman–Crippen MR) is 622 cm³/mol. The molecule has 29 aromatic rings. The van der Waals surface area contributed by atoms with Gasteiger partial charge >= 0.3 is 0 Å². The summed E-state index contributed by atoms with van der Waals surface area (Å²) in [5.41, 5.74) is 27.3. The van der Waals surface area contributed by atoms with Crippen LogP contribution in [0.1, 0.15) is 0 Å². The molecular formula is C144H92. The highest BCUT2D eigenvalue weighted by Crippen LogP contribution is 2.44. The molecule has 29 rings (SSSR count). The Morgan fingerprint density at radius 1 is 0.0625 bits per heavy atom. The van der Waals surface area contributed by atoms with Crippen molar-refractivity contribution in [3.63, 3.8) is 0 Å². The molecule has 0 nitrogen and oxygen atoms in total. The fourth-order valence-electron chi connectivity index (χ4n) is 22.4. The van der Waals surface area contributed by atoms with Gasteiger partial charge < -0.3 is 0 Å². The van der Waals surface area contributed by atoms with Crippen LogP contribution in [-0.2, 0) is 0 Å². The summed E-state index contributed by atoms with van der Waals surface area (Å²) < 4.78 is 0. The van der Waals surface area contributed by atoms with E-state index in [9.17, 15) is 0 Å². The van der Waals surface area contributed by atoms with Crippen molar-refractivity contribution in [3.8, 4) is 122 Å². The van der Waals surface area contributed by atoms with E-state index in [1.54, 1.807) is 0 Å². The SMILES string of the molecule is c1cc(-c2ccc3cc(-c4ccc5ccccc5c4)ccc3c2)cc(-c2cc3ccccc3c3ccccc23)c1.c1cc(-c2ccc3ccccc3c2)cc(-c2ccc3c(ccc4cc(-c5ccc6c(ccc7cc(-c8cccc9ccccc89)ccc76)c5)ccc43)c2)c1.c1cc(-c2ccc3ccccc3c2)cc(-c2ccc3cc(-c4ccc5c(ccc6cc(-c7ccc8ccccc8c7)ccc65)c4)ccc3c2)c1. The topological polar surface area (TPSA) is 0 Å². The lowest BCUT2D eigenvalue weighted by molar-refractivity contribution is 1.61. The van der Waals surface area contributed by atoms with Crippen LogP contribution in [0.25, 0.3) is 284 Å². The summed E-state index contributed by atoms with van der Waals surface area (Å²) in [5.74, 6) is 0. The van der Waals surface area contributed by atoms with E-state index in [1.165, 1.54) is 284 Å². The summed E-state index contributed by atoms with van der Waals surface area (Å²) >= 11 is 0. The molecule has 0 atom stereocenters. The zero-order chi connectivity index (χ0) is 95.1. The third-order valence-corrected chi connectivity index (χ3v) is 30.0. The lowest BCUT2D eigenvalue weighted by atomic mass is 9.91. The minimum Gasteiger partial charge on any atom is -0.0616 e. The van der Waals surface area contributed by atoms with Crippen molar-refractivity contribution in [2.75, 3.05) is 0 Å². The van der Waals surface area contributed by atoms with E-state index in [-0.39, 0.29) is 0 Å². The highest BCUT2D eigenvalue weighted by molar-refractivity contribution is 6.17. The van der Waals surface area contributed by atoms with E-state index in [0.717, 1.165) is 0 Å². The number of benzene rings is 29. The number of hydrogen-bond acceptors (Lipinski definition) is 0. The Morgan fingerprint density at radius 2 is 0.229 bits per heavy atom. The van der Waals surface area contributed by atoms with Gasteiger partial charge in [-0.25, -0.2) is 0 Å². The van der Waals surface area contributed by atoms with Crippen LogP contribution in [-0.4, -0.2) is 0 Å². The first-order valence-electron chi connectivity index (χ1n) is 49.9. The van der Waals surface area contributed by atoms with Gasteiger partial charge in [0.2, 0.25) is 0 Å². The Labute approximate surface area is 835 Å². The van der Waals surface area contributed by atoms with Gasteiger partial charge in [0.1, 0.15) is 0 Å². The Hall–Kier alpha value is -18.7. The van der Waals surface area contributed by atoms with Crippen LogP contribution in [0.2, 0.25) is 0 Å². The molecule has 0 aliphatic carbocycles. The normalized spacial score (nSPS) is 11.6. The third-order valence-electron chi connectivity index (χ3n) is 30.0. The minimum atomic E-state index is 1.23. The maximum Gasteiger partial charge on any atom is -0.00988 e. The molecule has 0 spiro atoms. The monoisotopic (exact) mass is 1820 g/mol. The van der Waals surface area contributed by atoms with Gasteiger partial charge in [-0.05, 0) is 393 Å². The predicted octanol–water partition coefficient (Wildman–Crippen LogP) is 40.7. The van der Waals surface area contributed by atoms with Gasteiger partial charge in [-0.15, -0.1) is 0 Å². The molecule has 0 fully saturated rings. The zero-order valence-corrected chi connectivity index (χ0v) is 79.1. The Balaban J connectivity index is 0.000000109. The number of rotatable bonds is 11. The lowest BCUT2D eigenvalue weighted by Crippen LogP contribution is -1.86. The molecule has 0 heteroatoms. The van der Waals surface area contributed by atoms with E-state index in [4.69, 9.17) is 0 Å². The minimum absolute atomic E-state index is 1.23. The molecule has 0 radical (unpaired) electrons. The van der Waals surface area contributed by atoms with Gasteiger partial charge in [-0.3, -0.25) is 0 Å². The van der Waals surface area contributed by atoms with Crippen molar-refractivity contribution >= 4 is 162 Å². The molecular weight excluding hydrogens is 1730 g/mol. The summed E-state index contributed by atoms with van der Waals surface area (Å²) in [6, 6.07) is 205. The van der Waals surface area contributed by atoms with E-state index in [1.807, 2.05) is 0 Å². The van der Waals surface area contributed by atoms with Crippen LogP contribution in [0.5, 0.6) is 0 Å². The molecule has 0 aromatic heterocycles. The summed E-state index contributed by atoms with van der Waals surface area (Å²) in [4.78, 5) is 0. The molecule has 0 aliphatic rings. The first-order valence-corrected chi connectivity index (χ1v) is 49.9. The molecule has 0 unspecified atom stereocenters.